The molecule has 0 unspecified atom stereocenters. The van der Waals surface area contributed by atoms with E-state index in [0.29, 0.717) is 9.61 Å². The third kappa shape index (κ3) is 5.68. The number of aromatic hydroxyl groups is 1. The Kier molecular flexibility index (Phi) is 7.74. The van der Waals surface area contributed by atoms with Gasteiger partial charge < -0.3 is 15.3 Å². The van der Waals surface area contributed by atoms with E-state index in [1.807, 2.05) is 27.5 Å². The Morgan fingerprint density at radius 1 is 1.20 bits per heavy atom. The molecule has 2 amide bonds. The van der Waals surface area contributed by atoms with Crippen LogP contribution >= 0.6 is 45.2 Å². The maximum Gasteiger partial charge on any atom is 0.255 e. The standard InChI is InChI=1S/C17H23I2N3O3/c1-11(2)21-5-7-22(8-6-21)15(23)3-4-20-17(25)13-9-12(18)10-14(19)16(13)24/h9-11,24H,3-8H2,1-2H3,(H,20,25). The Bertz CT molecular complexity index is 644. The van der Waals surface area contributed by atoms with Gasteiger partial charge in [-0.2, -0.15) is 0 Å². The van der Waals surface area contributed by atoms with Gasteiger partial charge in [0.2, 0.25) is 5.91 Å². The van der Waals surface area contributed by atoms with Crippen LogP contribution in [0.25, 0.3) is 0 Å². The average molecular weight is 571 g/mol. The zero-order valence-corrected chi connectivity index (χ0v) is 18.7. The molecule has 0 bridgehead atoms. The lowest BCUT2D eigenvalue weighted by Gasteiger charge is -2.37. The number of piperazine rings is 1. The Morgan fingerprint density at radius 3 is 2.44 bits per heavy atom. The molecule has 0 atom stereocenters. The van der Waals surface area contributed by atoms with Crippen LogP contribution in [0, 0.1) is 7.14 Å². The van der Waals surface area contributed by atoms with Crippen LogP contribution in [0.3, 0.4) is 0 Å². The molecule has 138 valence electrons. The Hall–Kier alpha value is -0.620. The van der Waals surface area contributed by atoms with E-state index in [1.165, 1.54) is 0 Å². The topological polar surface area (TPSA) is 72.9 Å². The Labute approximate surface area is 175 Å². The third-order valence-electron chi connectivity index (χ3n) is 4.29. The fourth-order valence-electron chi connectivity index (χ4n) is 2.76. The fraction of sp³-hybridized carbons (Fsp3) is 0.529. The molecule has 8 heteroatoms. The number of benzene rings is 1. The molecule has 2 N–H and O–H groups in total. The van der Waals surface area contributed by atoms with Gasteiger partial charge in [0.05, 0.1) is 9.13 Å². The number of hydrogen-bond acceptors (Lipinski definition) is 4. The largest absolute Gasteiger partial charge is 0.506 e. The van der Waals surface area contributed by atoms with E-state index in [9.17, 15) is 14.7 Å². The van der Waals surface area contributed by atoms with E-state index in [-0.39, 0.29) is 36.1 Å². The normalized spacial score (nSPS) is 15.5. The first-order valence-corrected chi connectivity index (χ1v) is 10.4. The van der Waals surface area contributed by atoms with Crippen molar-refractivity contribution in [3.63, 3.8) is 0 Å². The second kappa shape index (κ2) is 9.36. The predicted molar refractivity (Wildman–Crippen MR) is 114 cm³/mol. The van der Waals surface area contributed by atoms with Gasteiger partial charge in [0, 0.05) is 48.8 Å². The van der Waals surface area contributed by atoms with Crippen molar-refractivity contribution < 1.29 is 14.7 Å². The smallest absolute Gasteiger partial charge is 0.255 e. The number of nitrogens with one attached hydrogen (secondary N) is 1. The van der Waals surface area contributed by atoms with E-state index < -0.39 is 0 Å². The molecule has 0 aliphatic carbocycles. The highest BCUT2D eigenvalue weighted by Gasteiger charge is 2.22. The van der Waals surface area contributed by atoms with Crippen LogP contribution in [0.5, 0.6) is 5.75 Å². The van der Waals surface area contributed by atoms with Gasteiger partial charge in [0.1, 0.15) is 5.75 Å². The first-order valence-electron chi connectivity index (χ1n) is 8.27. The molecule has 0 radical (unpaired) electrons. The van der Waals surface area contributed by atoms with Crippen molar-refractivity contribution in [3.8, 4) is 5.75 Å². The predicted octanol–water partition coefficient (Wildman–Crippen LogP) is 2.27. The molecular formula is C17H23I2N3O3. The van der Waals surface area contributed by atoms with Crippen LogP contribution < -0.4 is 5.32 Å². The van der Waals surface area contributed by atoms with E-state index in [2.05, 4.69) is 46.7 Å². The van der Waals surface area contributed by atoms with Crippen LogP contribution in [-0.4, -0.2) is 65.5 Å². The first kappa shape index (κ1) is 20.7. The number of halogens is 2. The lowest BCUT2D eigenvalue weighted by Crippen LogP contribution is -2.51. The van der Waals surface area contributed by atoms with E-state index in [0.717, 1.165) is 29.7 Å². The summed E-state index contributed by atoms with van der Waals surface area (Å²) in [5, 5.41) is 12.8. The first-order chi connectivity index (χ1) is 11.8. The number of phenolic OH excluding ortho intramolecular Hbond substituents is 1. The van der Waals surface area contributed by atoms with Gasteiger partial charge in [-0.1, -0.05) is 0 Å². The maximum atomic E-state index is 12.3. The summed E-state index contributed by atoms with van der Waals surface area (Å²) >= 11 is 4.10. The summed E-state index contributed by atoms with van der Waals surface area (Å²) in [6.07, 6.45) is 0.273. The van der Waals surface area contributed by atoms with Crippen LogP contribution in [0.4, 0.5) is 0 Å². The quantitative estimate of drug-likeness (QED) is 0.533. The molecule has 1 aliphatic heterocycles. The van der Waals surface area contributed by atoms with Crippen molar-refractivity contribution in [1.82, 2.24) is 15.1 Å². The average Bonchev–Trinajstić information content (AvgIpc) is 2.57. The highest BCUT2D eigenvalue weighted by Crippen LogP contribution is 2.26. The zero-order chi connectivity index (χ0) is 18.6. The van der Waals surface area contributed by atoms with Crippen molar-refractivity contribution in [2.75, 3.05) is 32.7 Å². The molecule has 1 fully saturated rings. The van der Waals surface area contributed by atoms with E-state index in [1.54, 1.807) is 12.1 Å². The summed E-state index contributed by atoms with van der Waals surface area (Å²) in [5.41, 5.74) is 0.245. The third-order valence-corrected chi connectivity index (χ3v) is 5.74. The maximum absolute atomic E-state index is 12.3. The van der Waals surface area contributed by atoms with Gasteiger partial charge in [-0.05, 0) is 71.2 Å². The molecule has 0 aromatic heterocycles. The minimum atomic E-state index is -0.355. The molecule has 1 aromatic carbocycles. The number of carbonyl (C=O) groups is 2. The van der Waals surface area contributed by atoms with Crippen molar-refractivity contribution in [2.24, 2.45) is 0 Å². The SMILES string of the molecule is CC(C)N1CCN(C(=O)CCNC(=O)c2cc(I)cc(I)c2O)CC1. The number of phenols is 1. The molecule has 1 saturated heterocycles. The second-order valence-corrected chi connectivity index (χ2v) is 8.71. The highest BCUT2D eigenvalue weighted by atomic mass is 127. The molecule has 1 heterocycles. The molecule has 25 heavy (non-hydrogen) atoms. The van der Waals surface area contributed by atoms with Crippen LogP contribution in [0.2, 0.25) is 0 Å². The van der Waals surface area contributed by atoms with E-state index >= 15 is 0 Å². The minimum Gasteiger partial charge on any atom is -0.506 e. The molecule has 1 aromatic rings. The number of carbonyl (C=O) groups excluding carboxylic acids is 2. The van der Waals surface area contributed by atoms with Crippen LogP contribution in [0.15, 0.2) is 12.1 Å². The molecular weight excluding hydrogens is 548 g/mol. The lowest BCUT2D eigenvalue weighted by molar-refractivity contribution is -0.133. The summed E-state index contributed by atoms with van der Waals surface area (Å²) in [7, 11) is 0. The fourth-order valence-corrected chi connectivity index (χ4v) is 4.61. The summed E-state index contributed by atoms with van der Waals surface area (Å²) < 4.78 is 1.51. The summed E-state index contributed by atoms with van der Waals surface area (Å²) in [6.45, 7) is 7.85. The monoisotopic (exact) mass is 571 g/mol. The van der Waals surface area contributed by atoms with Crippen LogP contribution in [0.1, 0.15) is 30.6 Å². The molecule has 1 aliphatic rings. The number of rotatable bonds is 5. The number of amides is 2. The van der Waals surface area contributed by atoms with Crippen molar-refractivity contribution >= 4 is 57.0 Å². The molecule has 0 saturated carbocycles. The Morgan fingerprint density at radius 2 is 1.84 bits per heavy atom. The summed E-state index contributed by atoms with van der Waals surface area (Å²) in [4.78, 5) is 28.7. The van der Waals surface area contributed by atoms with Gasteiger partial charge >= 0.3 is 0 Å². The van der Waals surface area contributed by atoms with Crippen molar-refractivity contribution in [2.45, 2.75) is 26.3 Å². The van der Waals surface area contributed by atoms with Gasteiger partial charge in [-0.25, -0.2) is 0 Å². The van der Waals surface area contributed by atoms with Crippen molar-refractivity contribution in [1.29, 1.82) is 0 Å². The summed E-state index contributed by atoms with van der Waals surface area (Å²) in [6, 6.07) is 3.94. The zero-order valence-electron chi connectivity index (χ0n) is 14.4. The minimum absolute atomic E-state index is 0.0188. The second-order valence-electron chi connectivity index (χ2n) is 6.30. The Balaban J connectivity index is 1.81. The molecule has 6 nitrogen and oxygen atoms in total. The van der Waals surface area contributed by atoms with Crippen LogP contribution in [-0.2, 0) is 4.79 Å². The number of hydrogen-bond donors (Lipinski definition) is 2. The van der Waals surface area contributed by atoms with Gasteiger partial charge in [-0.3, -0.25) is 14.5 Å². The van der Waals surface area contributed by atoms with Gasteiger partial charge in [0.15, 0.2) is 0 Å². The van der Waals surface area contributed by atoms with Gasteiger partial charge in [-0.15, -0.1) is 0 Å². The molecule has 2 rings (SSSR count). The van der Waals surface area contributed by atoms with E-state index in [4.69, 9.17) is 0 Å². The summed E-state index contributed by atoms with van der Waals surface area (Å²) in [5.74, 6) is -0.314. The van der Waals surface area contributed by atoms with Gasteiger partial charge in [0.25, 0.3) is 5.91 Å². The van der Waals surface area contributed by atoms with Crippen molar-refractivity contribution in [3.05, 3.63) is 24.8 Å². The lowest BCUT2D eigenvalue weighted by atomic mass is 10.2. The highest BCUT2D eigenvalue weighted by molar-refractivity contribution is 14.1. The molecule has 0 spiro atoms. The number of nitrogens with zero attached hydrogens (tertiary/aromatic N) is 2.